The molecule has 0 spiro atoms. The molecule has 1 atom stereocenters. The van der Waals surface area contributed by atoms with Gasteiger partial charge in [0.25, 0.3) is 0 Å². The summed E-state index contributed by atoms with van der Waals surface area (Å²) >= 11 is 0. The normalized spacial score (nSPS) is 17.6. The van der Waals surface area contributed by atoms with Gasteiger partial charge in [-0.05, 0) is 31.9 Å². The number of benzene rings is 1. The topological polar surface area (TPSA) is 54.7 Å². The van der Waals surface area contributed by atoms with Gasteiger partial charge in [-0.15, -0.1) is 0 Å². The van der Waals surface area contributed by atoms with Crippen LogP contribution in [0.25, 0.3) is 11.0 Å². The molecule has 1 amide bonds. The highest BCUT2D eigenvalue weighted by Crippen LogP contribution is 2.25. The van der Waals surface area contributed by atoms with Gasteiger partial charge in [-0.2, -0.15) is 0 Å². The van der Waals surface area contributed by atoms with E-state index in [0.29, 0.717) is 6.04 Å². The van der Waals surface area contributed by atoms with Crippen LogP contribution in [0.4, 0.5) is 4.79 Å². The lowest BCUT2D eigenvalue weighted by Crippen LogP contribution is -2.45. The predicted octanol–water partition coefficient (Wildman–Crippen LogP) is 3.31. The molecule has 5 nitrogen and oxygen atoms in total. The van der Waals surface area contributed by atoms with Gasteiger partial charge >= 0.3 is 6.09 Å². The zero-order valence-corrected chi connectivity index (χ0v) is 13.0. The number of methoxy groups -OCH3 is 1. The van der Waals surface area contributed by atoms with Gasteiger partial charge in [0.1, 0.15) is 11.3 Å². The summed E-state index contributed by atoms with van der Waals surface area (Å²) in [6, 6.07) is 10.7. The van der Waals surface area contributed by atoms with Crippen molar-refractivity contribution < 1.29 is 13.9 Å². The number of amides is 1. The van der Waals surface area contributed by atoms with Crippen molar-refractivity contribution in [2.45, 2.75) is 31.8 Å². The molecule has 22 heavy (non-hydrogen) atoms. The lowest BCUT2D eigenvalue weighted by molar-refractivity contribution is 0.108. The Morgan fingerprint density at radius 3 is 2.77 bits per heavy atom. The number of ether oxygens (including phenoxy) is 1. The summed E-state index contributed by atoms with van der Waals surface area (Å²) in [5, 5.41) is 4.73. The highest BCUT2D eigenvalue weighted by Gasteiger charge is 2.24. The molecule has 2 aromatic rings. The van der Waals surface area contributed by atoms with Gasteiger partial charge in [0, 0.05) is 24.5 Å². The molecule has 1 aliphatic rings. The predicted molar refractivity (Wildman–Crippen MR) is 84.8 cm³/mol. The minimum Gasteiger partial charge on any atom is -0.459 e. The second-order valence-corrected chi connectivity index (χ2v) is 5.81. The van der Waals surface area contributed by atoms with E-state index in [0.717, 1.165) is 42.7 Å². The summed E-state index contributed by atoms with van der Waals surface area (Å²) in [7, 11) is 1.43. The Hall–Kier alpha value is -2.01. The van der Waals surface area contributed by atoms with Crippen molar-refractivity contribution in [3.63, 3.8) is 0 Å². The van der Waals surface area contributed by atoms with Gasteiger partial charge in [-0.25, -0.2) is 4.79 Å². The van der Waals surface area contributed by atoms with Crippen molar-refractivity contribution in [3.8, 4) is 0 Å². The van der Waals surface area contributed by atoms with E-state index in [1.807, 2.05) is 18.2 Å². The maximum Gasteiger partial charge on any atom is 0.409 e. The van der Waals surface area contributed by atoms with E-state index in [2.05, 4.69) is 24.4 Å². The highest BCUT2D eigenvalue weighted by molar-refractivity contribution is 5.77. The minimum atomic E-state index is -0.233. The van der Waals surface area contributed by atoms with Crippen LogP contribution < -0.4 is 5.32 Å². The molecule has 1 saturated heterocycles. The molecule has 3 rings (SSSR count). The zero-order chi connectivity index (χ0) is 15.5. The Kier molecular flexibility index (Phi) is 4.34. The number of fused-ring (bicyclic) bond motifs is 1. The first kappa shape index (κ1) is 14.9. The Bertz CT molecular complexity index is 611. The molecule has 1 aromatic carbocycles. The molecule has 1 unspecified atom stereocenters. The fourth-order valence-corrected chi connectivity index (χ4v) is 3.01. The molecule has 1 N–H and O–H groups in total. The fourth-order valence-electron chi connectivity index (χ4n) is 3.01. The average Bonchev–Trinajstić information content (AvgIpc) is 2.99. The van der Waals surface area contributed by atoms with Crippen LogP contribution in [0, 0.1) is 0 Å². The quantitative estimate of drug-likeness (QED) is 0.945. The number of nitrogens with one attached hydrogen (secondary N) is 1. The molecule has 118 valence electrons. The van der Waals surface area contributed by atoms with Crippen molar-refractivity contribution in [2.75, 3.05) is 20.2 Å². The van der Waals surface area contributed by atoms with E-state index in [-0.39, 0.29) is 12.1 Å². The standard InChI is InChI=1S/C17H22N2O3/c1-12(16-11-13-5-3-4-6-15(13)22-16)18-14-7-9-19(10-8-14)17(20)21-2/h3-6,11-12,14,18H,7-10H2,1-2H3. The molecule has 0 aliphatic carbocycles. The van der Waals surface area contributed by atoms with Crippen LogP contribution in [0.2, 0.25) is 0 Å². The molecule has 1 aromatic heterocycles. The van der Waals surface area contributed by atoms with Crippen LogP contribution in [0.3, 0.4) is 0 Å². The molecule has 1 aliphatic heterocycles. The average molecular weight is 302 g/mol. The lowest BCUT2D eigenvalue weighted by atomic mass is 10.0. The van der Waals surface area contributed by atoms with Crippen molar-refractivity contribution in [2.24, 2.45) is 0 Å². The number of carbonyl (C=O) groups is 1. The largest absolute Gasteiger partial charge is 0.459 e. The van der Waals surface area contributed by atoms with Gasteiger partial charge in [0.15, 0.2) is 0 Å². The number of rotatable bonds is 3. The third-order valence-corrected chi connectivity index (χ3v) is 4.28. The van der Waals surface area contributed by atoms with Gasteiger partial charge in [0.05, 0.1) is 13.2 Å². The zero-order valence-electron chi connectivity index (χ0n) is 13.0. The van der Waals surface area contributed by atoms with Crippen LogP contribution in [0.15, 0.2) is 34.7 Å². The van der Waals surface area contributed by atoms with Gasteiger partial charge in [-0.1, -0.05) is 18.2 Å². The monoisotopic (exact) mass is 302 g/mol. The smallest absolute Gasteiger partial charge is 0.409 e. The first-order valence-electron chi connectivity index (χ1n) is 7.75. The second kappa shape index (κ2) is 6.40. The Morgan fingerprint density at radius 2 is 2.09 bits per heavy atom. The number of carbonyl (C=O) groups excluding carboxylic acids is 1. The van der Waals surface area contributed by atoms with Crippen LogP contribution in [0.1, 0.15) is 31.6 Å². The Balaban J connectivity index is 1.58. The molecular formula is C17H22N2O3. The summed E-state index contributed by atoms with van der Waals surface area (Å²) in [5.41, 5.74) is 0.923. The van der Waals surface area contributed by atoms with Crippen molar-refractivity contribution in [3.05, 3.63) is 36.1 Å². The van der Waals surface area contributed by atoms with Crippen LogP contribution >= 0.6 is 0 Å². The molecule has 0 radical (unpaired) electrons. The first-order valence-corrected chi connectivity index (χ1v) is 7.75. The van der Waals surface area contributed by atoms with E-state index in [1.165, 1.54) is 7.11 Å². The summed E-state index contributed by atoms with van der Waals surface area (Å²) < 4.78 is 10.7. The third kappa shape index (κ3) is 3.09. The molecular weight excluding hydrogens is 280 g/mol. The Morgan fingerprint density at radius 1 is 1.36 bits per heavy atom. The lowest BCUT2D eigenvalue weighted by Gasteiger charge is -2.32. The number of furan rings is 1. The summed E-state index contributed by atoms with van der Waals surface area (Å²) in [4.78, 5) is 13.2. The molecule has 0 saturated carbocycles. The minimum absolute atomic E-state index is 0.155. The van der Waals surface area contributed by atoms with Gasteiger partial charge in [0.2, 0.25) is 0 Å². The van der Waals surface area contributed by atoms with Crippen LogP contribution in [-0.2, 0) is 4.74 Å². The van der Waals surface area contributed by atoms with Gasteiger partial charge < -0.3 is 19.4 Å². The number of piperidine rings is 1. The van der Waals surface area contributed by atoms with E-state index in [1.54, 1.807) is 4.90 Å². The summed E-state index contributed by atoms with van der Waals surface area (Å²) in [5.74, 6) is 0.955. The number of para-hydroxylation sites is 1. The van der Waals surface area contributed by atoms with Crippen LogP contribution in [-0.4, -0.2) is 37.2 Å². The van der Waals surface area contributed by atoms with Gasteiger partial charge in [-0.3, -0.25) is 0 Å². The van der Waals surface area contributed by atoms with Crippen molar-refractivity contribution >= 4 is 17.1 Å². The van der Waals surface area contributed by atoms with Crippen LogP contribution in [0.5, 0.6) is 0 Å². The molecule has 1 fully saturated rings. The number of likely N-dealkylation sites (tertiary alicyclic amines) is 1. The fraction of sp³-hybridized carbons (Fsp3) is 0.471. The van der Waals surface area contributed by atoms with E-state index in [4.69, 9.17) is 9.15 Å². The van der Waals surface area contributed by atoms with E-state index < -0.39 is 0 Å². The molecule has 0 bridgehead atoms. The number of hydrogen-bond donors (Lipinski definition) is 1. The van der Waals surface area contributed by atoms with E-state index >= 15 is 0 Å². The van der Waals surface area contributed by atoms with E-state index in [9.17, 15) is 4.79 Å². The Labute approximate surface area is 130 Å². The van der Waals surface area contributed by atoms with Crippen molar-refractivity contribution in [1.29, 1.82) is 0 Å². The summed E-state index contributed by atoms with van der Waals surface area (Å²) in [6.07, 6.45) is 1.63. The molecule has 5 heteroatoms. The third-order valence-electron chi connectivity index (χ3n) is 4.28. The number of hydrogen-bond acceptors (Lipinski definition) is 4. The molecule has 2 heterocycles. The summed E-state index contributed by atoms with van der Waals surface area (Å²) in [6.45, 7) is 3.58. The number of nitrogens with zero attached hydrogens (tertiary/aromatic N) is 1. The highest BCUT2D eigenvalue weighted by atomic mass is 16.5. The maximum atomic E-state index is 11.5. The SMILES string of the molecule is COC(=O)N1CCC(NC(C)c2cc3ccccc3o2)CC1. The first-order chi connectivity index (χ1) is 10.7. The second-order valence-electron chi connectivity index (χ2n) is 5.81. The van der Waals surface area contributed by atoms with Crippen molar-refractivity contribution in [1.82, 2.24) is 10.2 Å². The maximum absolute atomic E-state index is 11.5.